The number of benzene rings is 1. The van der Waals surface area contributed by atoms with Gasteiger partial charge >= 0.3 is 0 Å². The number of nitrogens with zero attached hydrogens (tertiary/aromatic N) is 3. The number of aryl methyl sites for hydroxylation is 2. The van der Waals surface area contributed by atoms with Crippen molar-refractivity contribution in [3.8, 4) is 5.75 Å². The number of nitrogens with one attached hydrogen (secondary N) is 1. The summed E-state index contributed by atoms with van der Waals surface area (Å²) in [6, 6.07) is 7.55. The first kappa shape index (κ1) is 19.5. The maximum Gasteiger partial charge on any atom is 0.230 e. The van der Waals surface area contributed by atoms with E-state index in [0.717, 1.165) is 35.5 Å². The van der Waals surface area contributed by atoms with Gasteiger partial charge in [0, 0.05) is 31.4 Å². The summed E-state index contributed by atoms with van der Waals surface area (Å²) >= 11 is 0. The summed E-state index contributed by atoms with van der Waals surface area (Å²) in [5.74, 6) is 0.565. The fraction of sp³-hybridized carbons (Fsp3) is 0.500. The molecule has 1 N–H and O–H groups in total. The van der Waals surface area contributed by atoms with Crippen molar-refractivity contribution in [1.82, 2.24) is 14.7 Å². The van der Waals surface area contributed by atoms with Gasteiger partial charge in [-0.15, -0.1) is 0 Å². The Hall–Kier alpha value is -2.83. The predicted molar refractivity (Wildman–Crippen MR) is 110 cm³/mol. The van der Waals surface area contributed by atoms with Crippen LogP contribution in [0.4, 0.5) is 5.69 Å². The molecule has 2 atom stereocenters. The first-order valence-corrected chi connectivity index (χ1v) is 10.3. The number of amides is 2. The number of hydrogen-bond acceptors (Lipinski definition) is 4. The third-order valence-electron chi connectivity index (χ3n) is 5.84. The molecule has 0 spiro atoms. The molecule has 2 aromatic rings. The fourth-order valence-corrected chi connectivity index (χ4v) is 4.25. The van der Waals surface area contributed by atoms with E-state index >= 15 is 0 Å². The summed E-state index contributed by atoms with van der Waals surface area (Å²) in [7, 11) is 1.87. The van der Waals surface area contributed by atoms with E-state index in [-0.39, 0.29) is 29.8 Å². The maximum atomic E-state index is 13.3. The summed E-state index contributed by atoms with van der Waals surface area (Å²) < 4.78 is 7.31. The Balaban J connectivity index is 1.60. The maximum absolute atomic E-state index is 13.3. The molecular formula is C22H28N4O3. The van der Waals surface area contributed by atoms with Crippen LogP contribution < -0.4 is 10.1 Å². The van der Waals surface area contributed by atoms with Gasteiger partial charge in [0.1, 0.15) is 5.75 Å². The first-order chi connectivity index (χ1) is 14.0. The Morgan fingerprint density at radius 2 is 2.07 bits per heavy atom. The topological polar surface area (TPSA) is 76.5 Å². The van der Waals surface area contributed by atoms with Crippen LogP contribution in [0.2, 0.25) is 0 Å². The zero-order chi connectivity index (χ0) is 20.5. The Morgan fingerprint density at radius 3 is 2.69 bits per heavy atom. The van der Waals surface area contributed by atoms with Gasteiger partial charge in [0.2, 0.25) is 11.8 Å². The smallest absolute Gasteiger partial charge is 0.230 e. The van der Waals surface area contributed by atoms with E-state index in [2.05, 4.69) is 10.4 Å². The molecule has 1 saturated carbocycles. The number of carbonyl (C=O) groups is 2. The van der Waals surface area contributed by atoms with E-state index in [1.54, 1.807) is 10.9 Å². The molecule has 154 valence electrons. The molecule has 2 fully saturated rings. The lowest BCUT2D eigenvalue weighted by molar-refractivity contribution is -0.143. The first-order valence-electron chi connectivity index (χ1n) is 10.3. The van der Waals surface area contributed by atoms with Crippen LogP contribution in [0.5, 0.6) is 5.75 Å². The van der Waals surface area contributed by atoms with Crippen molar-refractivity contribution in [3.05, 3.63) is 41.7 Å². The monoisotopic (exact) mass is 396 g/mol. The van der Waals surface area contributed by atoms with Gasteiger partial charge in [0.05, 0.1) is 24.3 Å². The number of aromatic nitrogens is 2. The second-order valence-corrected chi connectivity index (χ2v) is 7.90. The van der Waals surface area contributed by atoms with Gasteiger partial charge in [-0.1, -0.05) is 0 Å². The molecule has 1 aromatic heterocycles. The predicted octanol–water partition coefficient (Wildman–Crippen LogP) is 3.21. The van der Waals surface area contributed by atoms with Gasteiger partial charge in [-0.25, -0.2) is 0 Å². The zero-order valence-electron chi connectivity index (χ0n) is 17.2. The summed E-state index contributed by atoms with van der Waals surface area (Å²) in [5.41, 5.74) is 2.64. The molecule has 4 rings (SSSR count). The molecule has 1 aliphatic heterocycles. The molecule has 1 aliphatic carbocycles. The highest BCUT2D eigenvalue weighted by Crippen LogP contribution is 2.43. The molecule has 2 heterocycles. The molecule has 1 aromatic carbocycles. The fourth-order valence-electron chi connectivity index (χ4n) is 4.25. The minimum Gasteiger partial charge on any atom is -0.494 e. The number of piperidine rings is 1. The average Bonchev–Trinajstić information content (AvgIpc) is 3.44. The standard InChI is InChI=1S/C22H28N4O3/c1-4-29-16-7-9-18(14(2)13-16)24-22(28)17-8-10-20(27)26(15-5-6-15)21(17)19-11-12-23-25(19)3/h7,9,11-13,15,17,21H,4-6,8,10H2,1-3H3,(H,24,28). The number of likely N-dealkylation sites (tertiary alicyclic amines) is 1. The van der Waals surface area contributed by atoms with E-state index in [1.807, 2.05) is 50.1 Å². The molecule has 2 aliphatic rings. The summed E-state index contributed by atoms with van der Waals surface area (Å²) in [6.07, 6.45) is 4.69. The Labute approximate surface area is 171 Å². The van der Waals surface area contributed by atoms with Crippen molar-refractivity contribution in [2.24, 2.45) is 13.0 Å². The van der Waals surface area contributed by atoms with E-state index < -0.39 is 0 Å². The van der Waals surface area contributed by atoms with E-state index in [0.29, 0.717) is 19.4 Å². The Bertz CT molecular complexity index is 919. The molecule has 1 saturated heterocycles. The Morgan fingerprint density at radius 1 is 1.28 bits per heavy atom. The molecule has 7 heteroatoms. The number of rotatable bonds is 6. The second kappa shape index (κ2) is 7.89. The van der Waals surface area contributed by atoms with Crippen molar-refractivity contribution in [2.75, 3.05) is 11.9 Å². The largest absolute Gasteiger partial charge is 0.494 e. The highest BCUT2D eigenvalue weighted by molar-refractivity contribution is 5.95. The second-order valence-electron chi connectivity index (χ2n) is 7.90. The molecule has 2 amide bonds. The van der Waals surface area contributed by atoms with Crippen LogP contribution >= 0.6 is 0 Å². The van der Waals surface area contributed by atoms with Gasteiger partial charge in [-0.2, -0.15) is 5.10 Å². The van der Waals surface area contributed by atoms with Crippen molar-refractivity contribution in [3.63, 3.8) is 0 Å². The van der Waals surface area contributed by atoms with Crippen LogP contribution in [0.25, 0.3) is 0 Å². The number of hydrogen-bond donors (Lipinski definition) is 1. The van der Waals surface area contributed by atoms with Crippen molar-refractivity contribution in [2.45, 2.75) is 51.6 Å². The van der Waals surface area contributed by atoms with Crippen LogP contribution in [0.3, 0.4) is 0 Å². The minimum absolute atomic E-state index is 0.0541. The van der Waals surface area contributed by atoms with Crippen LogP contribution in [-0.2, 0) is 16.6 Å². The third kappa shape index (κ3) is 3.86. The van der Waals surface area contributed by atoms with Crippen LogP contribution in [-0.4, -0.2) is 39.1 Å². The molecule has 0 bridgehead atoms. The van der Waals surface area contributed by atoms with Crippen LogP contribution in [0.1, 0.15) is 49.9 Å². The van der Waals surface area contributed by atoms with E-state index in [9.17, 15) is 9.59 Å². The van der Waals surface area contributed by atoms with Crippen LogP contribution in [0, 0.1) is 12.8 Å². The summed E-state index contributed by atoms with van der Waals surface area (Å²) in [6.45, 7) is 4.50. The van der Waals surface area contributed by atoms with Crippen molar-refractivity contribution >= 4 is 17.5 Å². The minimum atomic E-state index is -0.310. The third-order valence-corrected chi connectivity index (χ3v) is 5.84. The lowest BCUT2D eigenvalue weighted by atomic mass is 9.85. The van der Waals surface area contributed by atoms with Gasteiger partial charge in [-0.3, -0.25) is 14.3 Å². The number of anilines is 1. The Kier molecular flexibility index (Phi) is 5.30. The molecular weight excluding hydrogens is 368 g/mol. The van der Waals surface area contributed by atoms with Gasteiger partial charge < -0.3 is 15.0 Å². The summed E-state index contributed by atoms with van der Waals surface area (Å²) in [5, 5.41) is 7.38. The van der Waals surface area contributed by atoms with E-state index in [4.69, 9.17) is 4.74 Å². The van der Waals surface area contributed by atoms with Crippen LogP contribution in [0.15, 0.2) is 30.5 Å². The molecule has 0 radical (unpaired) electrons. The lowest BCUT2D eigenvalue weighted by Crippen LogP contribution is -2.48. The van der Waals surface area contributed by atoms with E-state index in [1.165, 1.54) is 0 Å². The quantitative estimate of drug-likeness (QED) is 0.813. The average molecular weight is 396 g/mol. The number of carbonyl (C=O) groups excluding carboxylic acids is 2. The van der Waals surface area contributed by atoms with Crippen molar-refractivity contribution in [1.29, 1.82) is 0 Å². The summed E-state index contributed by atoms with van der Waals surface area (Å²) in [4.78, 5) is 28.0. The van der Waals surface area contributed by atoms with Gasteiger partial charge in [-0.05, 0) is 62.9 Å². The molecule has 2 unspecified atom stereocenters. The highest BCUT2D eigenvalue weighted by Gasteiger charge is 2.47. The van der Waals surface area contributed by atoms with Gasteiger partial charge in [0.15, 0.2) is 0 Å². The normalized spacial score (nSPS) is 21.9. The molecule has 29 heavy (non-hydrogen) atoms. The van der Waals surface area contributed by atoms with Gasteiger partial charge in [0.25, 0.3) is 0 Å². The SMILES string of the molecule is CCOc1ccc(NC(=O)C2CCC(=O)N(C3CC3)C2c2ccnn2C)c(C)c1. The lowest BCUT2D eigenvalue weighted by Gasteiger charge is -2.40. The number of ether oxygens (including phenoxy) is 1. The zero-order valence-corrected chi connectivity index (χ0v) is 17.2. The van der Waals surface area contributed by atoms with Crippen molar-refractivity contribution < 1.29 is 14.3 Å². The highest BCUT2D eigenvalue weighted by atomic mass is 16.5. The molecule has 7 nitrogen and oxygen atoms in total.